The Morgan fingerprint density at radius 2 is 1.33 bits per heavy atom. The number of fused-ring (bicyclic) bond motifs is 1. The molecule has 6 aromatic rings. The second-order valence-electron chi connectivity index (χ2n) is 7.76. The van der Waals surface area contributed by atoms with E-state index in [2.05, 4.69) is 47.8 Å². The van der Waals surface area contributed by atoms with Crippen molar-refractivity contribution >= 4 is 17.0 Å². The number of thiophene rings is 1. The van der Waals surface area contributed by atoms with Gasteiger partial charge in [0.05, 0.1) is 11.4 Å². The lowest BCUT2D eigenvalue weighted by atomic mass is 10.0. The average Bonchev–Trinajstić information content (AvgIpc) is 3.53. The van der Waals surface area contributed by atoms with Gasteiger partial charge in [-0.3, -0.25) is 0 Å². The van der Waals surface area contributed by atoms with Crippen LogP contribution < -0.4 is 0 Å². The molecule has 3 heterocycles. The van der Waals surface area contributed by atoms with Crippen molar-refractivity contribution in [3.63, 3.8) is 0 Å². The Balaban J connectivity index is 1.55. The fraction of sp³-hybridized carbons (Fsp3) is 0. The second-order valence-corrected chi connectivity index (χ2v) is 8.54. The third-order valence-corrected chi connectivity index (χ3v) is 6.36. The summed E-state index contributed by atoms with van der Waals surface area (Å²) in [7, 11) is 0. The molecule has 5 heteroatoms. The first-order valence-electron chi connectivity index (χ1n) is 10.6. The Bertz CT molecular complexity index is 1540. The van der Waals surface area contributed by atoms with E-state index in [0.29, 0.717) is 0 Å². The summed E-state index contributed by atoms with van der Waals surface area (Å²) >= 11 is 1.64. The number of halogens is 1. The van der Waals surface area contributed by atoms with Crippen LogP contribution in [0.1, 0.15) is 0 Å². The van der Waals surface area contributed by atoms with Crippen molar-refractivity contribution in [1.82, 2.24) is 14.6 Å². The summed E-state index contributed by atoms with van der Waals surface area (Å²) in [6.45, 7) is 0. The van der Waals surface area contributed by atoms with Crippen LogP contribution in [0.4, 0.5) is 4.39 Å². The Morgan fingerprint density at radius 3 is 2.06 bits per heavy atom. The highest BCUT2D eigenvalue weighted by molar-refractivity contribution is 7.08. The van der Waals surface area contributed by atoms with Gasteiger partial charge in [-0.15, -0.1) is 0 Å². The van der Waals surface area contributed by atoms with Gasteiger partial charge >= 0.3 is 0 Å². The van der Waals surface area contributed by atoms with Gasteiger partial charge in [0, 0.05) is 22.1 Å². The summed E-state index contributed by atoms with van der Waals surface area (Å²) < 4.78 is 15.5. The maximum atomic E-state index is 13.6. The number of imidazole rings is 1. The number of hydrogen-bond acceptors (Lipinski definition) is 3. The lowest BCUT2D eigenvalue weighted by Gasteiger charge is -2.08. The van der Waals surface area contributed by atoms with Crippen LogP contribution in [0.15, 0.2) is 108 Å². The molecule has 0 radical (unpaired) electrons. The van der Waals surface area contributed by atoms with Gasteiger partial charge in [0.15, 0.2) is 5.65 Å². The summed E-state index contributed by atoms with van der Waals surface area (Å²) in [6.07, 6.45) is 0. The van der Waals surface area contributed by atoms with Gasteiger partial charge in [0.2, 0.25) is 0 Å². The first-order chi connectivity index (χ1) is 16.3. The van der Waals surface area contributed by atoms with E-state index in [1.54, 1.807) is 23.5 Å². The van der Waals surface area contributed by atoms with E-state index in [9.17, 15) is 4.39 Å². The van der Waals surface area contributed by atoms with Crippen LogP contribution in [0.5, 0.6) is 0 Å². The zero-order chi connectivity index (χ0) is 22.2. The molecule has 0 amide bonds. The monoisotopic (exact) mass is 447 g/mol. The van der Waals surface area contributed by atoms with Gasteiger partial charge in [-0.2, -0.15) is 16.4 Å². The Hall–Kier alpha value is -4.09. The zero-order valence-corrected chi connectivity index (χ0v) is 18.3. The van der Waals surface area contributed by atoms with Gasteiger partial charge in [0.1, 0.15) is 11.5 Å². The Morgan fingerprint density at radius 1 is 0.636 bits per heavy atom. The number of rotatable bonds is 4. The fourth-order valence-electron chi connectivity index (χ4n) is 4.02. The van der Waals surface area contributed by atoms with Crippen molar-refractivity contribution in [2.75, 3.05) is 0 Å². The minimum atomic E-state index is -0.269. The molecule has 0 unspecified atom stereocenters. The quantitative estimate of drug-likeness (QED) is 0.279. The van der Waals surface area contributed by atoms with E-state index < -0.39 is 0 Å². The predicted octanol–water partition coefficient (Wildman–Crippen LogP) is 7.60. The van der Waals surface area contributed by atoms with Crippen LogP contribution in [0, 0.1) is 5.82 Å². The van der Waals surface area contributed by atoms with Crippen molar-refractivity contribution in [3.8, 4) is 44.9 Å². The summed E-state index contributed by atoms with van der Waals surface area (Å²) in [5.74, 6) is -0.269. The van der Waals surface area contributed by atoms with Crippen molar-refractivity contribution < 1.29 is 4.39 Å². The number of hydrogen-bond donors (Lipinski definition) is 0. The van der Waals surface area contributed by atoms with Crippen LogP contribution in [-0.2, 0) is 0 Å². The zero-order valence-electron chi connectivity index (χ0n) is 17.5. The van der Waals surface area contributed by atoms with E-state index in [1.165, 1.54) is 17.7 Å². The molecule has 3 aromatic carbocycles. The maximum Gasteiger partial charge on any atom is 0.155 e. The maximum absolute atomic E-state index is 13.6. The highest BCUT2D eigenvalue weighted by Crippen LogP contribution is 2.34. The van der Waals surface area contributed by atoms with Crippen molar-refractivity contribution in [2.45, 2.75) is 0 Å². The lowest BCUT2D eigenvalue weighted by molar-refractivity contribution is 0.628. The smallest absolute Gasteiger partial charge is 0.155 e. The van der Waals surface area contributed by atoms with Crippen LogP contribution in [0.25, 0.3) is 50.5 Å². The minimum Gasteiger partial charge on any atom is -0.226 e. The van der Waals surface area contributed by atoms with E-state index in [1.807, 2.05) is 40.2 Å². The van der Waals surface area contributed by atoms with Crippen LogP contribution >= 0.6 is 11.3 Å². The highest BCUT2D eigenvalue weighted by Gasteiger charge is 2.18. The van der Waals surface area contributed by atoms with E-state index in [0.717, 1.165) is 45.0 Å². The molecule has 0 atom stereocenters. The molecular weight excluding hydrogens is 429 g/mol. The number of aromatic nitrogens is 3. The molecule has 6 rings (SSSR count). The molecule has 0 aliphatic carbocycles. The molecule has 3 nitrogen and oxygen atoms in total. The van der Waals surface area contributed by atoms with Crippen molar-refractivity contribution in [2.24, 2.45) is 0 Å². The number of benzene rings is 3. The Kier molecular flexibility index (Phi) is 4.82. The van der Waals surface area contributed by atoms with Crippen LogP contribution in [-0.4, -0.2) is 14.6 Å². The topological polar surface area (TPSA) is 30.2 Å². The minimum absolute atomic E-state index is 0.269. The fourth-order valence-corrected chi connectivity index (χ4v) is 4.67. The van der Waals surface area contributed by atoms with Gasteiger partial charge < -0.3 is 0 Å². The summed E-state index contributed by atoms with van der Waals surface area (Å²) in [5, 5.41) is 9.05. The SMILES string of the molecule is Fc1ccc(-c2nc3ccc(-c4ccsc4)nn3c2-c2ccc(-c3ccccc3)cc2)cc1. The van der Waals surface area contributed by atoms with Gasteiger partial charge in [0.25, 0.3) is 0 Å². The Labute approximate surface area is 194 Å². The summed E-state index contributed by atoms with van der Waals surface area (Å²) in [4.78, 5) is 4.87. The highest BCUT2D eigenvalue weighted by atomic mass is 32.1. The molecule has 0 bridgehead atoms. The van der Waals surface area contributed by atoms with Crippen LogP contribution in [0.3, 0.4) is 0 Å². The molecule has 0 fully saturated rings. The molecule has 3 aromatic heterocycles. The normalized spacial score (nSPS) is 11.2. The van der Waals surface area contributed by atoms with E-state index in [-0.39, 0.29) is 5.82 Å². The molecular formula is C28H18FN3S. The molecule has 0 saturated carbocycles. The van der Waals surface area contributed by atoms with Gasteiger partial charge in [-0.1, -0.05) is 54.6 Å². The van der Waals surface area contributed by atoms with E-state index >= 15 is 0 Å². The molecule has 0 N–H and O–H groups in total. The van der Waals surface area contributed by atoms with Gasteiger partial charge in [-0.05, 0) is 59.0 Å². The summed E-state index contributed by atoms with van der Waals surface area (Å²) in [6, 6.07) is 31.2. The third-order valence-electron chi connectivity index (χ3n) is 5.68. The average molecular weight is 448 g/mol. The molecule has 0 spiro atoms. The molecule has 158 valence electrons. The standard InChI is InChI=1S/C28H18FN3S/c29-24-12-10-21(11-13-24)27-28(22-8-6-20(7-9-22)19-4-2-1-3-5-19)32-26(30-27)15-14-25(31-32)23-16-17-33-18-23/h1-18H. The van der Waals surface area contributed by atoms with E-state index in [4.69, 9.17) is 10.1 Å². The predicted molar refractivity (Wildman–Crippen MR) is 133 cm³/mol. The molecule has 0 aliphatic rings. The summed E-state index contributed by atoms with van der Waals surface area (Å²) in [5.41, 5.74) is 8.51. The number of nitrogens with zero attached hydrogens (tertiary/aromatic N) is 3. The van der Waals surface area contributed by atoms with Gasteiger partial charge in [-0.25, -0.2) is 13.9 Å². The third kappa shape index (κ3) is 3.62. The largest absolute Gasteiger partial charge is 0.226 e. The molecule has 33 heavy (non-hydrogen) atoms. The first-order valence-corrected chi connectivity index (χ1v) is 11.5. The molecule has 0 saturated heterocycles. The van der Waals surface area contributed by atoms with Crippen molar-refractivity contribution in [3.05, 3.63) is 114 Å². The first kappa shape index (κ1) is 19.6. The molecule has 0 aliphatic heterocycles. The van der Waals surface area contributed by atoms with Crippen LogP contribution in [0.2, 0.25) is 0 Å². The lowest BCUT2D eigenvalue weighted by Crippen LogP contribution is -1.97. The van der Waals surface area contributed by atoms with Crippen molar-refractivity contribution in [1.29, 1.82) is 0 Å². The second kappa shape index (κ2) is 8.11.